The lowest BCUT2D eigenvalue weighted by Crippen LogP contribution is -2.30. The molecule has 1 atom stereocenters. The summed E-state index contributed by atoms with van der Waals surface area (Å²) in [7, 11) is 0. The molecule has 0 saturated carbocycles. The fraction of sp³-hybridized carbons (Fsp3) is 0.167. The summed E-state index contributed by atoms with van der Waals surface area (Å²) in [5.74, 6) is 0.504. The van der Waals surface area contributed by atoms with E-state index in [-0.39, 0.29) is 5.91 Å². The molecule has 4 nitrogen and oxygen atoms in total. The number of hydrogen-bond donors (Lipinski definition) is 1. The molecule has 0 radical (unpaired) electrons. The first-order chi connectivity index (χ1) is 14.0. The summed E-state index contributed by atoms with van der Waals surface area (Å²) in [5, 5.41) is 3.88. The van der Waals surface area contributed by atoms with Crippen molar-refractivity contribution in [3.63, 3.8) is 0 Å². The van der Waals surface area contributed by atoms with E-state index >= 15 is 0 Å². The first kappa shape index (κ1) is 19.2. The second-order valence-electron chi connectivity index (χ2n) is 7.13. The number of ether oxygens (including phenoxy) is 1. The summed E-state index contributed by atoms with van der Waals surface area (Å²) in [4.78, 5) is 17.2. The molecule has 0 spiro atoms. The molecular weight excluding hydrogens is 380 g/mol. The maximum atomic E-state index is 12.5. The lowest BCUT2D eigenvalue weighted by Gasteiger charge is -2.15. The molecule has 1 unspecified atom stereocenters. The van der Waals surface area contributed by atoms with Crippen molar-refractivity contribution in [1.82, 2.24) is 4.98 Å². The highest BCUT2D eigenvalue weighted by molar-refractivity contribution is 7.21. The van der Waals surface area contributed by atoms with Gasteiger partial charge in [0.2, 0.25) is 0 Å². The van der Waals surface area contributed by atoms with Crippen molar-refractivity contribution < 1.29 is 9.53 Å². The zero-order valence-corrected chi connectivity index (χ0v) is 17.4. The third kappa shape index (κ3) is 4.46. The Morgan fingerprint density at radius 3 is 2.52 bits per heavy atom. The normalized spacial score (nSPS) is 12.0. The number of hydrogen-bond acceptors (Lipinski definition) is 4. The molecule has 4 aromatic rings. The average Bonchev–Trinajstić information content (AvgIpc) is 3.11. The van der Waals surface area contributed by atoms with E-state index in [1.54, 1.807) is 18.3 Å². The maximum Gasteiger partial charge on any atom is 0.265 e. The van der Waals surface area contributed by atoms with Crippen LogP contribution in [0.4, 0.5) is 5.69 Å². The van der Waals surface area contributed by atoms with Gasteiger partial charge in [-0.15, -0.1) is 11.3 Å². The number of fused-ring (bicyclic) bond motifs is 1. The molecule has 4 rings (SSSR count). The lowest BCUT2D eigenvalue weighted by molar-refractivity contribution is -0.122. The van der Waals surface area contributed by atoms with E-state index in [4.69, 9.17) is 9.72 Å². The third-order valence-electron chi connectivity index (χ3n) is 4.61. The smallest absolute Gasteiger partial charge is 0.265 e. The molecule has 29 heavy (non-hydrogen) atoms. The van der Waals surface area contributed by atoms with E-state index < -0.39 is 6.10 Å². The molecular formula is C24H22N2O2S. The van der Waals surface area contributed by atoms with Crippen molar-refractivity contribution >= 4 is 33.1 Å². The Hall–Kier alpha value is -3.18. The van der Waals surface area contributed by atoms with Crippen molar-refractivity contribution in [2.24, 2.45) is 0 Å². The van der Waals surface area contributed by atoms with Gasteiger partial charge in [0.15, 0.2) is 6.10 Å². The van der Waals surface area contributed by atoms with Crippen molar-refractivity contribution in [2.75, 3.05) is 5.32 Å². The largest absolute Gasteiger partial charge is 0.481 e. The predicted octanol–water partition coefficient (Wildman–Crippen LogP) is 5.99. The second-order valence-corrected chi connectivity index (χ2v) is 8.16. The molecule has 5 heteroatoms. The number of nitrogens with one attached hydrogen (secondary N) is 1. The Bertz CT molecular complexity index is 1170. The summed E-state index contributed by atoms with van der Waals surface area (Å²) in [6.45, 7) is 5.82. The summed E-state index contributed by atoms with van der Waals surface area (Å²) >= 11 is 1.67. The Labute approximate surface area is 174 Å². The van der Waals surface area contributed by atoms with E-state index in [2.05, 4.69) is 30.4 Å². The number of amides is 1. The van der Waals surface area contributed by atoms with Gasteiger partial charge in [0.25, 0.3) is 5.91 Å². The van der Waals surface area contributed by atoms with Crippen molar-refractivity contribution in [2.45, 2.75) is 26.9 Å². The number of anilines is 1. The third-order valence-corrected chi connectivity index (χ3v) is 5.68. The molecule has 1 aromatic heterocycles. The quantitative estimate of drug-likeness (QED) is 0.446. The average molecular weight is 403 g/mol. The van der Waals surface area contributed by atoms with Gasteiger partial charge < -0.3 is 10.1 Å². The lowest BCUT2D eigenvalue weighted by atomic mass is 10.2. The zero-order valence-electron chi connectivity index (χ0n) is 16.6. The number of carbonyl (C=O) groups excluding carboxylic acids is 1. The molecule has 1 heterocycles. The van der Waals surface area contributed by atoms with E-state index in [0.29, 0.717) is 5.75 Å². The fourth-order valence-electron chi connectivity index (χ4n) is 3.04. The highest BCUT2D eigenvalue weighted by Gasteiger charge is 2.15. The predicted molar refractivity (Wildman–Crippen MR) is 120 cm³/mol. The minimum Gasteiger partial charge on any atom is -0.481 e. The molecule has 0 aliphatic heterocycles. The van der Waals surface area contributed by atoms with Crippen molar-refractivity contribution in [1.29, 1.82) is 0 Å². The van der Waals surface area contributed by atoms with E-state index in [0.717, 1.165) is 27.3 Å². The number of rotatable bonds is 5. The molecule has 146 valence electrons. The van der Waals surface area contributed by atoms with E-state index in [9.17, 15) is 4.79 Å². The van der Waals surface area contributed by atoms with Crippen LogP contribution in [0, 0.1) is 13.8 Å². The molecule has 0 bridgehead atoms. The molecule has 0 aliphatic carbocycles. The Morgan fingerprint density at radius 2 is 1.76 bits per heavy atom. The SMILES string of the molecule is Cc1cccc(OC(C)C(=O)Nc2ccc(-c3nc4ccc(C)cc4s3)cc2)c1. The van der Waals surface area contributed by atoms with Gasteiger partial charge in [-0.2, -0.15) is 0 Å². The summed E-state index contributed by atoms with van der Waals surface area (Å²) in [6.07, 6.45) is -0.594. The van der Waals surface area contributed by atoms with Crippen LogP contribution in [0.25, 0.3) is 20.8 Å². The second kappa shape index (κ2) is 8.05. The Morgan fingerprint density at radius 1 is 1.00 bits per heavy atom. The van der Waals surface area contributed by atoms with Gasteiger partial charge >= 0.3 is 0 Å². The first-order valence-electron chi connectivity index (χ1n) is 9.50. The number of aromatic nitrogens is 1. The van der Waals surface area contributed by atoms with Gasteiger partial charge in [-0.3, -0.25) is 4.79 Å². The van der Waals surface area contributed by atoms with Gasteiger partial charge in [-0.25, -0.2) is 4.98 Å². The van der Waals surface area contributed by atoms with Crippen LogP contribution in [0.5, 0.6) is 5.75 Å². The first-order valence-corrected chi connectivity index (χ1v) is 10.3. The van der Waals surface area contributed by atoms with Crippen LogP contribution in [0.2, 0.25) is 0 Å². The number of thiazole rings is 1. The van der Waals surface area contributed by atoms with E-state index in [1.807, 2.05) is 55.5 Å². The molecule has 1 N–H and O–H groups in total. The van der Waals surface area contributed by atoms with Crippen molar-refractivity contribution in [3.8, 4) is 16.3 Å². The summed E-state index contributed by atoms with van der Waals surface area (Å²) in [5.41, 5.74) is 5.10. The molecule has 1 amide bonds. The molecule has 3 aromatic carbocycles. The number of aryl methyl sites for hydroxylation is 2. The van der Waals surface area contributed by atoms with Gasteiger partial charge in [-0.05, 0) is 80.4 Å². The molecule has 0 fully saturated rings. The zero-order chi connectivity index (χ0) is 20.4. The Kier molecular flexibility index (Phi) is 5.32. The summed E-state index contributed by atoms with van der Waals surface area (Å²) in [6, 6.07) is 21.7. The minimum atomic E-state index is -0.594. The van der Waals surface area contributed by atoms with Gasteiger partial charge in [-0.1, -0.05) is 18.2 Å². The van der Waals surface area contributed by atoms with Gasteiger partial charge in [0.05, 0.1) is 10.2 Å². The van der Waals surface area contributed by atoms with Crippen LogP contribution in [0.1, 0.15) is 18.1 Å². The highest BCUT2D eigenvalue weighted by Crippen LogP contribution is 2.31. The Balaban J connectivity index is 1.43. The van der Waals surface area contributed by atoms with Crippen LogP contribution in [0.15, 0.2) is 66.7 Å². The van der Waals surface area contributed by atoms with Crippen LogP contribution < -0.4 is 10.1 Å². The van der Waals surface area contributed by atoms with Crippen LogP contribution in [-0.2, 0) is 4.79 Å². The van der Waals surface area contributed by atoms with E-state index in [1.165, 1.54) is 10.3 Å². The van der Waals surface area contributed by atoms with Crippen LogP contribution in [0.3, 0.4) is 0 Å². The topological polar surface area (TPSA) is 51.2 Å². The van der Waals surface area contributed by atoms with Crippen LogP contribution >= 0.6 is 11.3 Å². The van der Waals surface area contributed by atoms with Crippen molar-refractivity contribution in [3.05, 3.63) is 77.9 Å². The number of carbonyl (C=O) groups is 1. The number of nitrogens with zero attached hydrogens (tertiary/aromatic N) is 1. The standard InChI is InChI=1S/C24H22N2O2S/c1-15-5-4-6-20(13-15)28-17(3)23(27)25-19-10-8-18(9-11-19)24-26-21-12-7-16(2)14-22(21)29-24/h4-14,17H,1-3H3,(H,25,27). The number of benzene rings is 3. The van der Waals surface area contributed by atoms with Gasteiger partial charge in [0, 0.05) is 11.3 Å². The minimum absolute atomic E-state index is 0.185. The maximum absolute atomic E-state index is 12.5. The highest BCUT2D eigenvalue weighted by atomic mass is 32.1. The summed E-state index contributed by atoms with van der Waals surface area (Å²) < 4.78 is 6.93. The van der Waals surface area contributed by atoms with Gasteiger partial charge in [0.1, 0.15) is 10.8 Å². The van der Waals surface area contributed by atoms with Crippen LogP contribution in [-0.4, -0.2) is 17.0 Å². The molecule has 0 saturated heterocycles. The molecule has 0 aliphatic rings. The fourth-order valence-corrected chi connectivity index (χ4v) is 4.11. The monoisotopic (exact) mass is 402 g/mol.